The molecule has 8 nitrogen and oxygen atoms in total. The Labute approximate surface area is 150 Å². The summed E-state index contributed by atoms with van der Waals surface area (Å²) in [7, 11) is -3.03. The van der Waals surface area contributed by atoms with E-state index in [1.807, 2.05) is 12.1 Å². The molecule has 1 aliphatic rings. The molecule has 0 radical (unpaired) electrons. The molecular formula is C15H18ClN5O3S. The van der Waals surface area contributed by atoms with Crippen LogP contribution < -0.4 is 5.32 Å². The highest BCUT2D eigenvalue weighted by molar-refractivity contribution is 7.91. The van der Waals surface area contributed by atoms with Gasteiger partial charge in [0.2, 0.25) is 5.91 Å². The molecular weight excluding hydrogens is 366 g/mol. The quantitative estimate of drug-likeness (QED) is 0.790. The molecule has 134 valence electrons. The van der Waals surface area contributed by atoms with Crippen LogP contribution in [-0.2, 0) is 21.2 Å². The number of rotatable bonds is 6. The molecule has 3 rings (SSSR count). The second-order valence-electron chi connectivity index (χ2n) is 6.15. The number of nitrogens with one attached hydrogen (secondary N) is 1. The second-order valence-corrected chi connectivity index (χ2v) is 8.82. The average Bonchev–Trinajstić information content (AvgIpc) is 3.17. The lowest BCUT2D eigenvalue weighted by atomic mass is 9.95. The minimum Gasteiger partial charge on any atom is -0.352 e. The molecule has 1 aromatic carbocycles. The molecule has 1 aromatic heterocycles. The first kappa shape index (κ1) is 17.8. The molecule has 1 saturated heterocycles. The van der Waals surface area contributed by atoms with E-state index >= 15 is 0 Å². The maximum atomic E-state index is 12.4. The zero-order chi connectivity index (χ0) is 17.9. The van der Waals surface area contributed by atoms with Crippen LogP contribution in [0.25, 0.3) is 0 Å². The van der Waals surface area contributed by atoms with Crippen molar-refractivity contribution >= 4 is 27.3 Å². The summed E-state index contributed by atoms with van der Waals surface area (Å²) in [6.45, 7) is 0.436. The fourth-order valence-electron chi connectivity index (χ4n) is 2.93. The largest absolute Gasteiger partial charge is 0.352 e. The number of sulfone groups is 1. The van der Waals surface area contributed by atoms with Crippen LogP contribution in [-0.4, -0.2) is 52.1 Å². The zero-order valence-electron chi connectivity index (χ0n) is 13.4. The van der Waals surface area contributed by atoms with Crippen molar-refractivity contribution < 1.29 is 13.2 Å². The number of hydrogen-bond acceptors (Lipinski definition) is 6. The van der Waals surface area contributed by atoms with Crippen LogP contribution in [0.1, 0.15) is 24.3 Å². The van der Waals surface area contributed by atoms with E-state index in [0.29, 0.717) is 18.0 Å². The number of hydrogen-bond donors (Lipinski definition) is 1. The molecule has 2 heterocycles. The van der Waals surface area contributed by atoms with Gasteiger partial charge in [-0.15, -0.1) is 5.10 Å². The second kappa shape index (κ2) is 7.49. The van der Waals surface area contributed by atoms with Gasteiger partial charge in [-0.3, -0.25) is 4.79 Å². The van der Waals surface area contributed by atoms with Gasteiger partial charge in [-0.25, -0.2) is 13.1 Å². The van der Waals surface area contributed by atoms with Crippen LogP contribution in [0.3, 0.4) is 0 Å². The molecule has 10 heteroatoms. The zero-order valence-corrected chi connectivity index (χ0v) is 14.9. The lowest BCUT2D eigenvalue weighted by molar-refractivity contribution is -0.122. The van der Waals surface area contributed by atoms with E-state index in [4.69, 9.17) is 11.6 Å². The normalized spacial score (nSPS) is 20.3. The minimum atomic E-state index is -3.03. The van der Waals surface area contributed by atoms with Gasteiger partial charge in [0.1, 0.15) is 6.33 Å². The topological polar surface area (TPSA) is 107 Å². The molecule has 2 aromatic rings. The Morgan fingerprint density at radius 1 is 1.36 bits per heavy atom. The van der Waals surface area contributed by atoms with Crippen LogP contribution in [0.5, 0.6) is 0 Å². The number of tetrazole rings is 1. The number of aromatic nitrogens is 4. The molecule has 1 amide bonds. The van der Waals surface area contributed by atoms with E-state index in [-0.39, 0.29) is 35.8 Å². The number of amides is 1. The summed E-state index contributed by atoms with van der Waals surface area (Å²) in [6, 6.07) is 6.96. The summed E-state index contributed by atoms with van der Waals surface area (Å²) in [6.07, 6.45) is 2.16. The first-order valence-corrected chi connectivity index (χ1v) is 10.1. The van der Waals surface area contributed by atoms with Crippen molar-refractivity contribution in [3.05, 3.63) is 41.2 Å². The van der Waals surface area contributed by atoms with Crippen LogP contribution in [0, 0.1) is 0 Å². The van der Waals surface area contributed by atoms with Crippen LogP contribution in [0.4, 0.5) is 0 Å². The molecule has 1 aliphatic heterocycles. The Balaban J connectivity index is 1.68. The number of carbonyl (C=O) groups is 1. The molecule has 0 aliphatic carbocycles. The maximum absolute atomic E-state index is 12.4. The van der Waals surface area contributed by atoms with Crippen molar-refractivity contribution in [2.75, 3.05) is 11.5 Å². The third kappa shape index (κ3) is 4.99. The van der Waals surface area contributed by atoms with Gasteiger partial charge in [0.05, 0.1) is 18.1 Å². The standard InChI is InChI=1S/C15H18ClN5O3S/c16-13-3-1-11(2-4-13)12(8-21-10-17-19-20-21)7-15(22)18-14-5-6-25(23,24)9-14/h1-4,10,12,14H,5-9H2,(H,18,22)/t12-,14-/m1/s1. The van der Waals surface area contributed by atoms with Crippen LogP contribution >= 0.6 is 11.6 Å². The van der Waals surface area contributed by atoms with Gasteiger partial charge >= 0.3 is 0 Å². The number of halogens is 1. The summed E-state index contributed by atoms with van der Waals surface area (Å²) in [5.74, 6) is -0.200. The first-order valence-electron chi connectivity index (χ1n) is 7.87. The minimum absolute atomic E-state index is 0.0113. The lowest BCUT2D eigenvalue weighted by Gasteiger charge is -2.18. The third-order valence-electron chi connectivity index (χ3n) is 4.17. The van der Waals surface area contributed by atoms with Crippen molar-refractivity contribution in [1.82, 2.24) is 25.5 Å². The summed E-state index contributed by atoms with van der Waals surface area (Å²) < 4.78 is 24.6. The lowest BCUT2D eigenvalue weighted by Crippen LogP contribution is -2.36. The van der Waals surface area contributed by atoms with Crippen molar-refractivity contribution in [3.63, 3.8) is 0 Å². The summed E-state index contributed by atoms with van der Waals surface area (Å²) in [4.78, 5) is 12.4. The number of benzene rings is 1. The highest BCUT2D eigenvalue weighted by atomic mass is 35.5. The molecule has 1 N–H and O–H groups in total. The molecule has 0 spiro atoms. The predicted molar refractivity (Wildman–Crippen MR) is 91.8 cm³/mol. The highest BCUT2D eigenvalue weighted by Crippen LogP contribution is 2.24. The fourth-order valence-corrected chi connectivity index (χ4v) is 4.73. The fraction of sp³-hybridized carbons (Fsp3) is 0.467. The van der Waals surface area contributed by atoms with Gasteiger partial charge in [-0.05, 0) is 34.5 Å². The number of nitrogens with zero attached hydrogens (tertiary/aromatic N) is 4. The Hall–Kier alpha value is -2.00. The predicted octanol–water partition coefficient (Wildman–Crippen LogP) is 0.804. The summed E-state index contributed by atoms with van der Waals surface area (Å²) >= 11 is 5.93. The summed E-state index contributed by atoms with van der Waals surface area (Å²) in [5.41, 5.74) is 0.939. The Morgan fingerprint density at radius 2 is 2.12 bits per heavy atom. The SMILES string of the molecule is O=C(C[C@H](Cn1cnnn1)c1ccc(Cl)cc1)N[C@@H]1CCS(=O)(=O)C1. The van der Waals surface area contributed by atoms with Crippen molar-refractivity contribution in [3.8, 4) is 0 Å². The Morgan fingerprint density at radius 3 is 2.72 bits per heavy atom. The molecule has 0 unspecified atom stereocenters. The Kier molecular flexibility index (Phi) is 5.33. The van der Waals surface area contributed by atoms with Crippen LogP contribution in [0.2, 0.25) is 5.02 Å². The summed E-state index contributed by atoms with van der Waals surface area (Å²) in [5, 5.41) is 14.5. The van der Waals surface area contributed by atoms with E-state index < -0.39 is 9.84 Å². The highest BCUT2D eigenvalue weighted by Gasteiger charge is 2.29. The van der Waals surface area contributed by atoms with Gasteiger partial charge < -0.3 is 5.32 Å². The first-order chi connectivity index (χ1) is 11.9. The van der Waals surface area contributed by atoms with Gasteiger partial charge in [0, 0.05) is 23.4 Å². The molecule has 0 bridgehead atoms. The van der Waals surface area contributed by atoms with Gasteiger partial charge in [0.15, 0.2) is 9.84 Å². The number of carbonyl (C=O) groups excluding carboxylic acids is 1. The van der Waals surface area contributed by atoms with Gasteiger partial charge in [0.25, 0.3) is 0 Å². The average molecular weight is 384 g/mol. The third-order valence-corrected chi connectivity index (χ3v) is 6.19. The van der Waals surface area contributed by atoms with Crippen LogP contribution in [0.15, 0.2) is 30.6 Å². The Bertz CT molecular complexity index is 823. The molecule has 25 heavy (non-hydrogen) atoms. The smallest absolute Gasteiger partial charge is 0.220 e. The molecule has 1 fully saturated rings. The van der Waals surface area contributed by atoms with Gasteiger partial charge in [-0.2, -0.15) is 0 Å². The molecule has 0 saturated carbocycles. The van der Waals surface area contributed by atoms with Crippen molar-refractivity contribution in [2.24, 2.45) is 0 Å². The van der Waals surface area contributed by atoms with E-state index in [0.717, 1.165) is 5.56 Å². The van der Waals surface area contributed by atoms with Crippen molar-refractivity contribution in [2.45, 2.75) is 31.3 Å². The maximum Gasteiger partial charge on any atom is 0.220 e. The van der Waals surface area contributed by atoms with E-state index in [2.05, 4.69) is 20.8 Å². The van der Waals surface area contributed by atoms with E-state index in [1.165, 1.54) is 6.33 Å². The monoisotopic (exact) mass is 383 g/mol. The van der Waals surface area contributed by atoms with Crippen molar-refractivity contribution in [1.29, 1.82) is 0 Å². The molecule has 2 atom stereocenters. The van der Waals surface area contributed by atoms with Gasteiger partial charge in [-0.1, -0.05) is 23.7 Å². The van der Waals surface area contributed by atoms with E-state index in [9.17, 15) is 13.2 Å². The van der Waals surface area contributed by atoms with E-state index in [1.54, 1.807) is 16.8 Å².